The van der Waals surface area contributed by atoms with E-state index in [1.807, 2.05) is 74.5 Å². The highest BCUT2D eigenvalue weighted by atomic mass is 16.7. The second-order valence-electron chi connectivity index (χ2n) is 8.22. The fourth-order valence-corrected chi connectivity index (χ4v) is 4.18. The standard InChI is InChI=1S/C28H28N2O4/c1-5-33-15-14-30-26-12-10-21(19(3)29-34-20(4)31)16-24(26)25-17-22(11-13-27(25)30)28(32)23-9-7-6-8-18(23)2/h6-13,16-17H,5,14-15H2,1-4H3/b29-19+. The molecule has 174 valence electrons. The van der Waals surface area contributed by atoms with Crippen LogP contribution in [0.25, 0.3) is 21.8 Å². The number of carbonyl (C=O) groups excluding carboxylic acids is 2. The number of fused-ring (bicyclic) bond motifs is 3. The topological polar surface area (TPSA) is 69.9 Å². The molecule has 6 nitrogen and oxygen atoms in total. The Morgan fingerprint density at radius 2 is 1.56 bits per heavy atom. The molecule has 0 bridgehead atoms. The Labute approximate surface area is 198 Å². The maximum atomic E-state index is 13.3. The minimum Gasteiger partial charge on any atom is -0.380 e. The number of ketones is 1. The molecule has 0 aliphatic heterocycles. The largest absolute Gasteiger partial charge is 0.380 e. The lowest BCUT2D eigenvalue weighted by atomic mass is 9.97. The van der Waals surface area contributed by atoms with E-state index in [9.17, 15) is 9.59 Å². The molecule has 0 saturated carbocycles. The van der Waals surface area contributed by atoms with Crippen LogP contribution in [-0.2, 0) is 20.9 Å². The van der Waals surface area contributed by atoms with Gasteiger partial charge in [-0.2, -0.15) is 0 Å². The molecule has 0 amide bonds. The van der Waals surface area contributed by atoms with Gasteiger partial charge in [0.05, 0.1) is 12.3 Å². The summed E-state index contributed by atoms with van der Waals surface area (Å²) in [6, 6.07) is 19.5. The van der Waals surface area contributed by atoms with Crippen molar-refractivity contribution >= 4 is 39.3 Å². The number of hydrogen-bond donors (Lipinski definition) is 0. The van der Waals surface area contributed by atoms with Crippen LogP contribution in [0.1, 0.15) is 47.8 Å². The Hall–Kier alpha value is -3.77. The van der Waals surface area contributed by atoms with Gasteiger partial charge < -0.3 is 14.1 Å². The van der Waals surface area contributed by atoms with Gasteiger partial charge in [-0.3, -0.25) is 4.79 Å². The number of benzene rings is 3. The van der Waals surface area contributed by atoms with Crippen molar-refractivity contribution in [3.05, 3.63) is 82.9 Å². The smallest absolute Gasteiger partial charge is 0.331 e. The molecule has 0 radical (unpaired) electrons. The summed E-state index contributed by atoms with van der Waals surface area (Å²) in [6.45, 7) is 8.98. The summed E-state index contributed by atoms with van der Waals surface area (Å²) in [6.07, 6.45) is 0. The molecule has 6 heteroatoms. The summed E-state index contributed by atoms with van der Waals surface area (Å²) in [7, 11) is 0. The van der Waals surface area contributed by atoms with Crippen LogP contribution in [0.3, 0.4) is 0 Å². The van der Waals surface area contributed by atoms with E-state index in [4.69, 9.17) is 9.57 Å². The van der Waals surface area contributed by atoms with Crippen molar-refractivity contribution in [2.45, 2.75) is 34.2 Å². The normalized spacial score (nSPS) is 11.8. The van der Waals surface area contributed by atoms with Crippen LogP contribution in [0.4, 0.5) is 0 Å². The zero-order valence-corrected chi connectivity index (χ0v) is 19.9. The first-order valence-electron chi connectivity index (χ1n) is 11.4. The number of aryl methyl sites for hydroxylation is 1. The Morgan fingerprint density at radius 1 is 0.912 bits per heavy atom. The van der Waals surface area contributed by atoms with Crippen LogP contribution in [0.5, 0.6) is 0 Å². The second-order valence-corrected chi connectivity index (χ2v) is 8.22. The maximum Gasteiger partial charge on any atom is 0.331 e. The molecule has 1 heterocycles. The molecule has 0 unspecified atom stereocenters. The minimum atomic E-state index is -0.465. The summed E-state index contributed by atoms with van der Waals surface area (Å²) in [4.78, 5) is 29.3. The minimum absolute atomic E-state index is 0.000952. The Morgan fingerprint density at radius 3 is 2.21 bits per heavy atom. The molecule has 3 aromatic carbocycles. The van der Waals surface area contributed by atoms with Crippen LogP contribution >= 0.6 is 0 Å². The van der Waals surface area contributed by atoms with E-state index in [-0.39, 0.29) is 5.78 Å². The van der Waals surface area contributed by atoms with Crippen molar-refractivity contribution in [1.82, 2.24) is 4.57 Å². The average Bonchev–Trinajstić information content (AvgIpc) is 3.15. The van der Waals surface area contributed by atoms with Crippen LogP contribution in [0.2, 0.25) is 0 Å². The third-order valence-corrected chi connectivity index (χ3v) is 5.91. The predicted octanol–water partition coefficient (Wildman–Crippen LogP) is 5.66. The zero-order chi connectivity index (χ0) is 24.2. The Bertz CT molecular complexity index is 1410. The highest BCUT2D eigenvalue weighted by Crippen LogP contribution is 2.32. The van der Waals surface area contributed by atoms with Crippen molar-refractivity contribution in [3.63, 3.8) is 0 Å². The second kappa shape index (κ2) is 10.0. The third kappa shape index (κ3) is 4.63. The van der Waals surface area contributed by atoms with Gasteiger partial charge in [-0.25, -0.2) is 4.79 Å². The van der Waals surface area contributed by atoms with Gasteiger partial charge in [0.1, 0.15) is 0 Å². The summed E-state index contributed by atoms with van der Waals surface area (Å²) in [5, 5.41) is 5.91. The first kappa shape index (κ1) is 23.4. The zero-order valence-electron chi connectivity index (χ0n) is 19.9. The van der Waals surface area contributed by atoms with Crippen LogP contribution in [0, 0.1) is 6.92 Å². The van der Waals surface area contributed by atoms with Crippen LogP contribution < -0.4 is 0 Å². The molecule has 1 aromatic heterocycles. The highest BCUT2D eigenvalue weighted by Gasteiger charge is 2.17. The molecule has 0 atom stereocenters. The number of rotatable bonds is 8. The summed E-state index contributed by atoms with van der Waals surface area (Å²) < 4.78 is 7.82. The van der Waals surface area contributed by atoms with Gasteiger partial charge in [-0.15, -0.1) is 0 Å². The SMILES string of the molecule is CCOCCn1c2ccc(C(=O)c3ccccc3C)cc2c2cc(/C(C)=N/OC(C)=O)ccc21. The van der Waals surface area contributed by atoms with Gasteiger partial charge in [-0.1, -0.05) is 35.5 Å². The van der Waals surface area contributed by atoms with Gasteiger partial charge in [0.15, 0.2) is 5.78 Å². The molecule has 4 rings (SSSR count). The fraction of sp³-hybridized carbons (Fsp3) is 0.250. The fourth-order valence-electron chi connectivity index (χ4n) is 4.18. The van der Waals surface area contributed by atoms with Crippen molar-refractivity contribution < 1.29 is 19.2 Å². The van der Waals surface area contributed by atoms with Crippen molar-refractivity contribution in [3.8, 4) is 0 Å². The van der Waals surface area contributed by atoms with E-state index in [0.717, 1.165) is 32.9 Å². The maximum absolute atomic E-state index is 13.3. The first-order chi connectivity index (χ1) is 16.4. The van der Waals surface area contributed by atoms with Crippen LogP contribution in [0.15, 0.2) is 65.8 Å². The Kier molecular flexibility index (Phi) is 6.89. The number of oxime groups is 1. The van der Waals surface area contributed by atoms with E-state index in [2.05, 4.69) is 9.72 Å². The van der Waals surface area contributed by atoms with Crippen molar-refractivity contribution in [2.75, 3.05) is 13.2 Å². The lowest BCUT2D eigenvalue weighted by molar-refractivity contribution is -0.140. The summed E-state index contributed by atoms with van der Waals surface area (Å²) in [5.74, 6) is -0.466. The molecular weight excluding hydrogens is 428 g/mol. The van der Waals surface area contributed by atoms with Gasteiger partial charge in [0.2, 0.25) is 0 Å². The van der Waals surface area contributed by atoms with Gasteiger partial charge in [-0.05, 0) is 62.2 Å². The number of aromatic nitrogens is 1. The van der Waals surface area contributed by atoms with E-state index in [1.165, 1.54) is 6.92 Å². The highest BCUT2D eigenvalue weighted by molar-refractivity contribution is 6.16. The molecule has 0 fully saturated rings. The lowest BCUT2D eigenvalue weighted by Gasteiger charge is -2.08. The summed E-state index contributed by atoms with van der Waals surface area (Å²) >= 11 is 0. The average molecular weight is 457 g/mol. The Balaban J connectivity index is 1.87. The van der Waals surface area contributed by atoms with E-state index >= 15 is 0 Å². The van der Waals surface area contributed by atoms with Gasteiger partial charge in [0.25, 0.3) is 0 Å². The number of nitrogens with zero attached hydrogens (tertiary/aromatic N) is 2. The third-order valence-electron chi connectivity index (χ3n) is 5.91. The van der Waals surface area contributed by atoms with Crippen molar-refractivity contribution in [2.24, 2.45) is 5.16 Å². The lowest BCUT2D eigenvalue weighted by Crippen LogP contribution is -2.06. The number of carbonyl (C=O) groups is 2. The van der Waals surface area contributed by atoms with E-state index in [0.29, 0.717) is 36.6 Å². The molecule has 4 aromatic rings. The summed E-state index contributed by atoms with van der Waals surface area (Å²) in [5.41, 5.74) is 5.80. The molecule has 0 saturated heterocycles. The molecular formula is C28H28N2O4. The van der Waals surface area contributed by atoms with Crippen LogP contribution in [-0.4, -0.2) is 35.2 Å². The number of hydrogen-bond acceptors (Lipinski definition) is 5. The molecule has 34 heavy (non-hydrogen) atoms. The van der Waals surface area contributed by atoms with E-state index in [1.54, 1.807) is 6.92 Å². The first-order valence-corrected chi connectivity index (χ1v) is 11.4. The molecule has 0 aliphatic carbocycles. The predicted molar refractivity (Wildman–Crippen MR) is 135 cm³/mol. The van der Waals surface area contributed by atoms with E-state index < -0.39 is 5.97 Å². The molecule has 0 N–H and O–H groups in total. The molecule has 0 spiro atoms. The monoisotopic (exact) mass is 456 g/mol. The van der Waals surface area contributed by atoms with Crippen molar-refractivity contribution in [1.29, 1.82) is 0 Å². The number of ether oxygens (including phenoxy) is 1. The van der Waals surface area contributed by atoms with Gasteiger partial charge >= 0.3 is 5.97 Å². The molecule has 0 aliphatic rings. The quantitative estimate of drug-likeness (QED) is 0.113. The van der Waals surface area contributed by atoms with Gasteiger partial charge in [0, 0.05) is 53.0 Å².